The molecule has 0 aliphatic carbocycles. The molecule has 0 fully saturated rings. The van der Waals surface area contributed by atoms with Crippen LogP contribution >= 0.6 is 11.6 Å². The fourth-order valence-electron chi connectivity index (χ4n) is 2.24. The van der Waals surface area contributed by atoms with Gasteiger partial charge in [0.2, 0.25) is 0 Å². The fourth-order valence-corrected chi connectivity index (χ4v) is 2.40. The van der Waals surface area contributed by atoms with E-state index < -0.39 is 0 Å². The maximum Gasteiger partial charge on any atom is 0.0737 e. The van der Waals surface area contributed by atoms with Crippen molar-refractivity contribution in [3.8, 4) is 0 Å². The van der Waals surface area contributed by atoms with Gasteiger partial charge in [-0.25, -0.2) is 0 Å². The van der Waals surface area contributed by atoms with Crippen molar-refractivity contribution >= 4 is 28.2 Å². The Morgan fingerprint density at radius 2 is 1.76 bits per heavy atom. The van der Waals surface area contributed by atoms with Crippen LogP contribution in [0.3, 0.4) is 0 Å². The molecule has 0 amide bonds. The molecule has 0 saturated carbocycles. The van der Waals surface area contributed by atoms with Crippen molar-refractivity contribution in [2.75, 3.05) is 5.32 Å². The first-order chi connectivity index (χ1) is 10.3. The van der Waals surface area contributed by atoms with E-state index >= 15 is 0 Å². The number of rotatable bonds is 4. The van der Waals surface area contributed by atoms with Gasteiger partial charge in [0.1, 0.15) is 0 Å². The van der Waals surface area contributed by atoms with Crippen molar-refractivity contribution < 1.29 is 5.11 Å². The Bertz CT molecular complexity index is 756. The summed E-state index contributed by atoms with van der Waals surface area (Å²) < 4.78 is 0. The number of fused-ring (bicyclic) bond motifs is 1. The number of pyridine rings is 1. The molecule has 2 N–H and O–H groups in total. The average Bonchev–Trinajstić information content (AvgIpc) is 2.53. The lowest BCUT2D eigenvalue weighted by atomic mass is 10.1. The van der Waals surface area contributed by atoms with Crippen LogP contribution in [0.2, 0.25) is 5.02 Å². The lowest BCUT2D eigenvalue weighted by molar-refractivity contribution is 0.282. The highest BCUT2D eigenvalue weighted by molar-refractivity contribution is 6.31. The standard InChI is InChI=1S/C17H15ClN2O/c18-14-5-6-15-16(7-8-19-17(15)9-14)20-10-12-1-3-13(11-21)4-2-12/h1-9,21H,10-11H2,(H,19,20). The number of aliphatic hydroxyl groups is 1. The maximum atomic E-state index is 9.04. The fraction of sp³-hybridized carbons (Fsp3) is 0.118. The Labute approximate surface area is 128 Å². The number of benzene rings is 2. The number of anilines is 1. The topological polar surface area (TPSA) is 45.1 Å². The zero-order valence-corrected chi connectivity index (χ0v) is 12.1. The molecule has 0 aliphatic heterocycles. The molecule has 0 radical (unpaired) electrons. The van der Waals surface area contributed by atoms with E-state index in [0.29, 0.717) is 11.6 Å². The molecule has 0 atom stereocenters. The number of halogens is 1. The Morgan fingerprint density at radius 1 is 1.00 bits per heavy atom. The number of hydrogen-bond donors (Lipinski definition) is 2. The lowest BCUT2D eigenvalue weighted by Crippen LogP contribution is -2.00. The van der Waals surface area contributed by atoms with Crippen LogP contribution < -0.4 is 5.32 Å². The Balaban J connectivity index is 1.81. The summed E-state index contributed by atoms with van der Waals surface area (Å²) in [7, 11) is 0. The van der Waals surface area contributed by atoms with Gasteiger partial charge in [0.25, 0.3) is 0 Å². The van der Waals surface area contributed by atoms with E-state index in [2.05, 4.69) is 10.3 Å². The van der Waals surface area contributed by atoms with Crippen LogP contribution in [0.4, 0.5) is 5.69 Å². The van der Waals surface area contributed by atoms with Gasteiger partial charge in [-0.15, -0.1) is 0 Å². The third kappa shape index (κ3) is 3.15. The molecular formula is C17H15ClN2O. The van der Waals surface area contributed by atoms with Gasteiger partial charge in [-0.2, -0.15) is 0 Å². The first-order valence-corrected chi connectivity index (χ1v) is 7.11. The molecule has 21 heavy (non-hydrogen) atoms. The monoisotopic (exact) mass is 298 g/mol. The summed E-state index contributed by atoms with van der Waals surface area (Å²) in [6.45, 7) is 0.789. The molecule has 0 bridgehead atoms. The van der Waals surface area contributed by atoms with E-state index in [0.717, 1.165) is 27.7 Å². The van der Waals surface area contributed by atoms with Gasteiger partial charge < -0.3 is 10.4 Å². The first-order valence-electron chi connectivity index (χ1n) is 6.73. The molecule has 3 rings (SSSR count). The molecule has 3 aromatic rings. The molecule has 2 aromatic carbocycles. The second kappa shape index (κ2) is 6.12. The molecule has 1 aromatic heterocycles. The van der Waals surface area contributed by atoms with Gasteiger partial charge in [-0.3, -0.25) is 4.98 Å². The van der Waals surface area contributed by atoms with Crippen molar-refractivity contribution in [3.05, 3.63) is 70.9 Å². The van der Waals surface area contributed by atoms with E-state index in [1.807, 2.05) is 48.5 Å². The third-order valence-electron chi connectivity index (χ3n) is 3.39. The van der Waals surface area contributed by atoms with Crippen molar-refractivity contribution in [1.82, 2.24) is 4.98 Å². The van der Waals surface area contributed by atoms with E-state index in [1.54, 1.807) is 6.20 Å². The Hall–Kier alpha value is -2.10. The van der Waals surface area contributed by atoms with Crippen LogP contribution in [0.15, 0.2) is 54.7 Å². The number of aliphatic hydroxyl groups excluding tert-OH is 1. The molecule has 3 nitrogen and oxygen atoms in total. The Kier molecular flexibility index (Phi) is 4.04. The van der Waals surface area contributed by atoms with Crippen LogP contribution in [0.5, 0.6) is 0 Å². The van der Waals surface area contributed by atoms with Gasteiger partial charge in [0.15, 0.2) is 0 Å². The molecule has 0 spiro atoms. The SMILES string of the molecule is OCc1ccc(CNc2ccnc3cc(Cl)ccc23)cc1. The van der Waals surface area contributed by atoms with Crippen molar-refractivity contribution in [1.29, 1.82) is 0 Å². The second-order valence-electron chi connectivity index (χ2n) is 4.85. The second-order valence-corrected chi connectivity index (χ2v) is 5.28. The third-order valence-corrected chi connectivity index (χ3v) is 3.63. The largest absolute Gasteiger partial charge is 0.392 e. The smallest absolute Gasteiger partial charge is 0.0737 e. The van der Waals surface area contributed by atoms with E-state index in [9.17, 15) is 0 Å². The summed E-state index contributed by atoms with van der Waals surface area (Å²) in [4.78, 5) is 4.33. The molecule has 1 heterocycles. The van der Waals surface area contributed by atoms with Crippen molar-refractivity contribution in [2.45, 2.75) is 13.2 Å². The number of nitrogens with one attached hydrogen (secondary N) is 1. The van der Waals surface area contributed by atoms with Crippen molar-refractivity contribution in [3.63, 3.8) is 0 Å². The summed E-state index contributed by atoms with van der Waals surface area (Å²) in [5, 5.41) is 14.2. The van der Waals surface area contributed by atoms with Gasteiger partial charge in [0, 0.05) is 28.8 Å². The Morgan fingerprint density at radius 3 is 2.52 bits per heavy atom. The number of nitrogens with zero attached hydrogens (tertiary/aromatic N) is 1. The van der Waals surface area contributed by atoms with E-state index in [4.69, 9.17) is 16.7 Å². The molecule has 0 saturated heterocycles. The van der Waals surface area contributed by atoms with Gasteiger partial charge in [0.05, 0.1) is 12.1 Å². The molecule has 0 unspecified atom stereocenters. The molecule has 106 valence electrons. The minimum absolute atomic E-state index is 0.0729. The van der Waals surface area contributed by atoms with Crippen molar-refractivity contribution in [2.24, 2.45) is 0 Å². The average molecular weight is 299 g/mol. The van der Waals surface area contributed by atoms with Gasteiger partial charge in [-0.05, 0) is 35.4 Å². The van der Waals surface area contributed by atoms with E-state index in [1.165, 1.54) is 0 Å². The minimum Gasteiger partial charge on any atom is -0.392 e. The van der Waals surface area contributed by atoms with Crippen LogP contribution in [0.25, 0.3) is 10.9 Å². The predicted molar refractivity (Wildman–Crippen MR) is 86.4 cm³/mol. The summed E-state index contributed by atoms with van der Waals surface area (Å²) >= 11 is 5.99. The first kappa shape index (κ1) is 13.9. The molecule has 4 heteroatoms. The normalized spacial score (nSPS) is 10.8. The number of hydrogen-bond acceptors (Lipinski definition) is 3. The van der Waals surface area contributed by atoms with E-state index in [-0.39, 0.29) is 6.61 Å². The zero-order valence-electron chi connectivity index (χ0n) is 11.4. The van der Waals surface area contributed by atoms with Crippen LogP contribution in [-0.4, -0.2) is 10.1 Å². The number of aromatic nitrogens is 1. The van der Waals surface area contributed by atoms with Crippen LogP contribution in [0.1, 0.15) is 11.1 Å². The summed E-state index contributed by atoms with van der Waals surface area (Å²) in [5.74, 6) is 0. The quantitative estimate of drug-likeness (QED) is 0.765. The predicted octanol–water partition coefficient (Wildman–Crippen LogP) is 3.99. The molecular weight excluding hydrogens is 284 g/mol. The van der Waals surface area contributed by atoms with Gasteiger partial charge >= 0.3 is 0 Å². The highest BCUT2D eigenvalue weighted by atomic mass is 35.5. The highest BCUT2D eigenvalue weighted by Crippen LogP contribution is 2.24. The maximum absolute atomic E-state index is 9.04. The van der Waals surface area contributed by atoms with Crippen LogP contribution in [-0.2, 0) is 13.2 Å². The zero-order chi connectivity index (χ0) is 14.7. The van der Waals surface area contributed by atoms with Gasteiger partial charge in [-0.1, -0.05) is 35.9 Å². The minimum atomic E-state index is 0.0729. The highest BCUT2D eigenvalue weighted by Gasteiger charge is 2.02. The lowest BCUT2D eigenvalue weighted by Gasteiger charge is -2.10. The van der Waals surface area contributed by atoms with Crippen LogP contribution in [0, 0.1) is 0 Å². The summed E-state index contributed by atoms with van der Waals surface area (Å²) in [5.41, 5.74) is 3.99. The summed E-state index contributed by atoms with van der Waals surface area (Å²) in [6, 6.07) is 15.5. The molecule has 0 aliphatic rings. The summed E-state index contributed by atoms with van der Waals surface area (Å²) in [6.07, 6.45) is 1.77.